The zero-order valence-corrected chi connectivity index (χ0v) is 17.3. The first kappa shape index (κ1) is 20.9. The predicted molar refractivity (Wildman–Crippen MR) is 118 cm³/mol. The minimum Gasteiger partial charge on any atom is -0.497 e. The van der Waals surface area contributed by atoms with Gasteiger partial charge in [0.05, 0.1) is 28.4 Å². The maximum atomic E-state index is 5.37. The normalized spacial score (nSPS) is 11.1. The van der Waals surface area contributed by atoms with Crippen molar-refractivity contribution in [2.75, 3.05) is 28.4 Å². The SMILES string of the molecule is COc1ccc(OC)c(C=Nc2cccc(/N=C/c3cc(OC)ccc3OC)n2)c1. The molecule has 0 fully saturated rings. The van der Waals surface area contributed by atoms with Crippen molar-refractivity contribution in [1.29, 1.82) is 0 Å². The highest BCUT2D eigenvalue weighted by Gasteiger charge is 2.04. The minimum absolute atomic E-state index is 0.520. The largest absolute Gasteiger partial charge is 0.497 e. The van der Waals surface area contributed by atoms with Crippen LogP contribution in [0, 0.1) is 0 Å². The van der Waals surface area contributed by atoms with E-state index in [-0.39, 0.29) is 0 Å². The number of hydrogen-bond acceptors (Lipinski definition) is 7. The molecule has 1 aromatic heterocycles. The number of ether oxygens (including phenoxy) is 4. The number of aromatic nitrogens is 1. The van der Waals surface area contributed by atoms with E-state index < -0.39 is 0 Å². The monoisotopic (exact) mass is 405 g/mol. The Morgan fingerprint density at radius 3 is 1.50 bits per heavy atom. The Morgan fingerprint density at radius 2 is 1.10 bits per heavy atom. The second-order valence-corrected chi connectivity index (χ2v) is 6.09. The Morgan fingerprint density at radius 1 is 0.633 bits per heavy atom. The van der Waals surface area contributed by atoms with Crippen molar-refractivity contribution in [3.8, 4) is 23.0 Å². The summed E-state index contributed by atoms with van der Waals surface area (Å²) < 4.78 is 21.3. The lowest BCUT2D eigenvalue weighted by atomic mass is 10.2. The molecule has 0 aliphatic heterocycles. The van der Waals surface area contributed by atoms with Gasteiger partial charge in [0, 0.05) is 23.6 Å². The highest BCUT2D eigenvalue weighted by atomic mass is 16.5. The summed E-state index contributed by atoms with van der Waals surface area (Å²) in [5, 5.41) is 0. The summed E-state index contributed by atoms with van der Waals surface area (Å²) in [4.78, 5) is 13.4. The standard InChI is InChI=1S/C23H23N3O4/c1-27-18-8-10-20(29-3)16(12-18)14-24-22-6-5-7-23(26-22)25-15-17-13-19(28-2)9-11-21(17)30-4/h5-15H,1-4H3/b24-14+,25-15?. The molecule has 0 amide bonds. The number of rotatable bonds is 8. The summed E-state index contributed by atoms with van der Waals surface area (Å²) in [5.74, 6) is 3.86. The Hall–Kier alpha value is -3.87. The topological polar surface area (TPSA) is 74.5 Å². The lowest BCUT2D eigenvalue weighted by Crippen LogP contribution is -1.93. The van der Waals surface area contributed by atoms with Crippen LogP contribution in [0.3, 0.4) is 0 Å². The first-order valence-electron chi connectivity index (χ1n) is 9.16. The van der Waals surface area contributed by atoms with Crippen molar-refractivity contribution >= 4 is 24.1 Å². The van der Waals surface area contributed by atoms with E-state index in [1.807, 2.05) is 42.5 Å². The van der Waals surface area contributed by atoms with E-state index in [9.17, 15) is 0 Å². The smallest absolute Gasteiger partial charge is 0.154 e. The molecular formula is C23H23N3O4. The van der Waals surface area contributed by atoms with Gasteiger partial charge in [-0.2, -0.15) is 0 Å². The first-order chi connectivity index (χ1) is 14.7. The van der Waals surface area contributed by atoms with Crippen molar-refractivity contribution in [1.82, 2.24) is 4.98 Å². The van der Waals surface area contributed by atoms with Gasteiger partial charge in [-0.1, -0.05) is 6.07 Å². The van der Waals surface area contributed by atoms with E-state index >= 15 is 0 Å². The van der Waals surface area contributed by atoms with E-state index in [0.29, 0.717) is 23.1 Å². The molecule has 7 heteroatoms. The molecule has 1 heterocycles. The maximum Gasteiger partial charge on any atom is 0.154 e. The third-order valence-electron chi connectivity index (χ3n) is 4.27. The van der Waals surface area contributed by atoms with Crippen LogP contribution in [-0.4, -0.2) is 45.9 Å². The van der Waals surface area contributed by atoms with Gasteiger partial charge in [0.25, 0.3) is 0 Å². The summed E-state index contributed by atoms with van der Waals surface area (Å²) in [6.07, 6.45) is 3.37. The zero-order valence-electron chi connectivity index (χ0n) is 17.3. The molecule has 0 radical (unpaired) electrons. The van der Waals surface area contributed by atoms with Crippen LogP contribution in [0.1, 0.15) is 11.1 Å². The van der Waals surface area contributed by atoms with E-state index in [0.717, 1.165) is 22.6 Å². The highest BCUT2D eigenvalue weighted by molar-refractivity contribution is 5.87. The van der Waals surface area contributed by atoms with Gasteiger partial charge in [-0.3, -0.25) is 0 Å². The van der Waals surface area contributed by atoms with Gasteiger partial charge in [0.15, 0.2) is 11.6 Å². The van der Waals surface area contributed by atoms with Gasteiger partial charge in [0.2, 0.25) is 0 Å². The molecule has 3 rings (SSSR count). The second-order valence-electron chi connectivity index (χ2n) is 6.09. The fourth-order valence-electron chi connectivity index (χ4n) is 2.71. The first-order valence-corrected chi connectivity index (χ1v) is 9.16. The number of nitrogens with zero attached hydrogens (tertiary/aromatic N) is 3. The van der Waals surface area contributed by atoms with Gasteiger partial charge >= 0.3 is 0 Å². The number of pyridine rings is 1. The number of hydrogen-bond donors (Lipinski definition) is 0. The van der Waals surface area contributed by atoms with E-state index in [4.69, 9.17) is 18.9 Å². The fraction of sp³-hybridized carbons (Fsp3) is 0.174. The van der Waals surface area contributed by atoms with Gasteiger partial charge in [-0.15, -0.1) is 0 Å². The van der Waals surface area contributed by atoms with E-state index in [2.05, 4.69) is 15.0 Å². The van der Waals surface area contributed by atoms with Crippen molar-refractivity contribution in [2.45, 2.75) is 0 Å². The molecule has 30 heavy (non-hydrogen) atoms. The van der Waals surface area contributed by atoms with Crippen LogP contribution in [0.4, 0.5) is 11.6 Å². The summed E-state index contributed by atoms with van der Waals surface area (Å²) >= 11 is 0. The molecule has 0 N–H and O–H groups in total. The molecule has 7 nitrogen and oxygen atoms in total. The average Bonchev–Trinajstić information content (AvgIpc) is 2.81. The van der Waals surface area contributed by atoms with Crippen molar-refractivity contribution in [3.05, 3.63) is 65.7 Å². The minimum atomic E-state index is 0.520. The lowest BCUT2D eigenvalue weighted by molar-refractivity contribution is 0.402. The van der Waals surface area contributed by atoms with Crippen molar-refractivity contribution in [3.63, 3.8) is 0 Å². The molecule has 2 aromatic carbocycles. The molecule has 0 atom stereocenters. The van der Waals surface area contributed by atoms with Crippen LogP contribution >= 0.6 is 0 Å². The molecule has 0 aliphatic rings. The second kappa shape index (κ2) is 10.1. The highest BCUT2D eigenvalue weighted by Crippen LogP contribution is 2.25. The van der Waals surface area contributed by atoms with Gasteiger partial charge in [-0.05, 0) is 48.5 Å². The summed E-state index contributed by atoms with van der Waals surface area (Å²) in [5.41, 5.74) is 1.57. The van der Waals surface area contributed by atoms with Crippen molar-refractivity contribution < 1.29 is 18.9 Å². The third-order valence-corrected chi connectivity index (χ3v) is 4.27. The molecule has 3 aromatic rings. The molecular weight excluding hydrogens is 382 g/mol. The quantitative estimate of drug-likeness (QED) is 0.511. The molecule has 0 spiro atoms. The molecule has 0 bridgehead atoms. The zero-order chi connectivity index (χ0) is 21.3. The summed E-state index contributed by atoms with van der Waals surface area (Å²) in [7, 11) is 6.45. The number of aliphatic imine (C=N–C) groups is 2. The summed E-state index contributed by atoms with van der Waals surface area (Å²) in [6.45, 7) is 0. The van der Waals surface area contributed by atoms with Crippen LogP contribution in [0.25, 0.3) is 0 Å². The molecule has 0 saturated carbocycles. The fourth-order valence-corrected chi connectivity index (χ4v) is 2.71. The van der Waals surface area contributed by atoms with E-state index in [1.54, 1.807) is 53.0 Å². The van der Waals surface area contributed by atoms with Crippen LogP contribution in [0.2, 0.25) is 0 Å². The number of methoxy groups -OCH3 is 4. The van der Waals surface area contributed by atoms with Crippen LogP contribution < -0.4 is 18.9 Å². The molecule has 154 valence electrons. The number of benzene rings is 2. The maximum absolute atomic E-state index is 5.37. The molecule has 0 unspecified atom stereocenters. The van der Waals surface area contributed by atoms with E-state index in [1.165, 1.54) is 0 Å². The third kappa shape index (κ3) is 5.14. The Bertz CT molecular complexity index is 983. The summed E-state index contributed by atoms with van der Waals surface area (Å²) in [6, 6.07) is 16.5. The molecule has 0 aliphatic carbocycles. The lowest BCUT2D eigenvalue weighted by Gasteiger charge is -2.07. The Kier molecular flexibility index (Phi) is 7.00. The van der Waals surface area contributed by atoms with Crippen molar-refractivity contribution in [2.24, 2.45) is 9.98 Å². The van der Waals surface area contributed by atoms with Crippen LogP contribution in [-0.2, 0) is 0 Å². The van der Waals surface area contributed by atoms with Gasteiger partial charge < -0.3 is 18.9 Å². The predicted octanol–water partition coefficient (Wildman–Crippen LogP) is 4.62. The van der Waals surface area contributed by atoms with Crippen LogP contribution in [0.5, 0.6) is 23.0 Å². The Balaban J connectivity index is 1.84. The van der Waals surface area contributed by atoms with Crippen LogP contribution in [0.15, 0.2) is 64.6 Å². The van der Waals surface area contributed by atoms with Gasteiger partial charge in [-0.25, -0.2) is 15.0 Å². The van der Waals surface area contributed by atoms with Gasteiger partial charge in [0.1, 0.15) is 23.0 Å². The average molecular weight is 405 g/mol. The molecule has 0 saturated heterocycles. The Labute approximate surface area is 175 Å².